The van der Waals surface area contributed by atoms with E-state index in [2.05, 4.69) is 0 Å². The molecule has 6 nitrogen and oxygen atoms in total. The highest BCUT2D eigenvalue weighted by Gasteiger charge is 2.46. The summed E-state index contributed by atoms with van der Waals surface area (Å²) < 4.78 is 51.1. The molecule has 1 aromatic heterocycles. The number of carbonyl (C=O) groups is 2. The molecule has 0 saturated carbocycles. The van der Waals surface area contributed by atoms with Crippen LogP contribution in [-0.4, -0.2) is 23.9 Å². The molecule has 36 heavy (non-hydrogen) atoms. The largest absolute Gasteiger partial charge is 0.503 e. The van der Waals surface area contributed by atoms with E-state index in [0.29, 0.717) is 22.3 Å². The quantitative estimate of drug-likeness (QED) is 0.333. The number of hydrogen-bond donors (Lipinski definition) is 1. The Morgan fingerprint density at radius 1 is 1.00 bits per heavy atom. The maximum Gasteiger partial charge on any atom is 0.416 e. The van der Waals surface area contributed by atoms with E-state index in [4.69, 9.17) is 9.15 Å². The summed E-state index contributed by atoms with van der Waals surface area (Å²) in [7, 11) is 1.46. The van der Waals surface area contributed by atoms with Crippen LogP contribution in [0.5, 0.6) is 5.75 Å². The lowest BCUT2D eigenvalue weighted by molar-refractivity contribution is -0.137. The highest BCUT2D eigenvalue weighted by Crippen LogP contribution is 2.43. The Kier molecular flexibility index (Phi) is 5.55. The van der Waals surface area contributed by atoms with Crippen LogP contribution in [0.3, 0.4) is 0 Å². The summed E-state index contributed by atoms with van der Waals surface area (Å²) in [5, 5.41) is 11.5. The Hall–Kier alpha value is -4.53. The number of nitrogens with zero attached hydrogens (tertiary/aromatic N) is 1. The van der Waals surface area contributed by atoms with Gasteiger partial charge >= 0.3 is 6.18 Å². The van der Waals surface area contributed by atoms with Crippen LogP contribution in [0.15, 0.2) is 94.6 Å². The number of para-hydroxylation sites is 1. The molecule has 0 spiro atoms. The minimum atomic E-state index is -4.66. The number of methoxy groups -OCH3 is 1. The van der Waals surface area contributed by atoms with Crippen LogP contribution in [0.4, 0.5) is 18.9 Å². The molecule has 3 aromatic carbocycles. The monoisotopic (exact) mass is 493 g/mol. The lowest BCUT2D eigenvalue weighted by atomic mass is 9.94. The van der Waals surface area contributed by atoms with E-state index in [9.17, 15) is 27.9 Å². The Morgan fingerprint density at radius 3 is 2.39 bits per heavy atom. The van der Waals surface area contributed by atoms with Crippen molar-refractivity contribution in [2.45, 2.75) is 12.2 Å². The molecule has 1 unspecified atom stereocenters. The molecule has 0 fully saturated rings. The number of ketones is 1. The number of aliphatic hydroxyl groups is 1. The first kappa shape index (κ1) is 23.2. The molecule has 2 heterocycles. The molecular formula is C27H18F3NO5. The lowest BCUT2D eigenvalue weighted by Gasteiger charge is -2.27. The number of furan rings is 1. The van der Waals surface area contributed by atoms with Crippen molar-refractivity contribution in [3.05, 3.63) is 107 Å². The second kappa shape index (κ2) is 8.60. The van der Waals surface area contributed by atoms with Gasteiger partial charge in [-0.15, -0.1) is 0 Å². The van der Waals surface area contributed by atoms with E-state index in [1.54, 1.807) is 48.5 Å². The molecule has 1 aliphatic heterocycles. The first-order valence-electron chi connectivity index (χ1n) is 10.8. The van der Waals surface area contributed by atoms with Crippen LogP contribution in [0.1, 0.15) is 27.7 Å². The van der Waals surface area contributed by atoms with Gasteiger partial charge < -0.3 is 14.3 Å². The number of amides is 1. The van der Waals surface area contributed by atoms with E-state index < -0.39 is 35.2 Å². The van der Waals surface area contributed by atoms with Crippen LogP contribution >= 0.6 is 0 Å². The average Bonchev–Trinajstić information content (AvgIpc) is 3.42. The highest BCUT2D eigenvalue weighted by molar-refractivity contribution is 6.20. The van der Waals surface area contributed by atoms with Crippen molar-refractivity contribution < 1.29 is 37.0 Å². The standard InChI is InChI=1S/C27H18F3NO5/c1-35-19-11-9-15(10-12-19)23-22(24(32)21-13-16-5-2-3-8-20(16)36-21)25(33)26(34)31(23)18-7-4-6-17(14-18)27(28,29)30/h2-14,23,33H,1H3. The molecule has 0 aliphatic carbocycles. The van der Waals surface area contributed by atoms with Gasteiger partial charge in [-0.2, -0.15) is 13.2 Å². The summed E-state index contributed by atoms with van der Waals surface area (Å²) in [6.45, 7) is 0. The molecule has 1 atom stereocenters. The van der Waals surface area contributed by atoms with Crippen molar-refractivity contribution in [2.75, 3.05) is 12.0 Å². The molecular weight excluding hydrogens is 475 g/mol. The summed E-state index contributed by atoms with van der Waals surface area (Å²) >= 11 is 0. The van der Waals surface area contributed by atoms with Gasteiger partial charge in [-0.25, -0.2) is 0 Å². The Balaban J connectivity index is 1.66. The van der Waals surface area contributed by atoms with Gasteiger partial charge in [0.25, 0.3) is 5.91 Å². The Bertz CT molecular complexity index is 1490. The summed E-state index contributed by atoms with van der Waals surface area (Å²) in [5.74, 6) is -2.25. The fourth-order valence-corrected chi connectivity index (χ4v) is 4.26. The minimum absolute atomic E-state index is 0.116. The van der Waals surface area contributed by atoms with Gasteiger partial charge in [0, 0.05) is 11.1 Å². The van der Waals surface area contributed by atoms with E-state index >= 15 is 0 Å². The van der Waals surface area contributed by atoms with Crippen LogP contribution in [0, 0.1) is 0 Å². The summed E-state index contributed by atoms with van der Waals surface area (Å²) in [6.07, 6.45) is -4.66. The van der Waals surface area contributed by atoms with Crippen molar-refractivity contribution in [3.8, 4) is 5.75 Å². The van der Waals surface area contributed by atoms with Crippen LogP contribution in [0.2, 0.25) is 0 Å². The predicted octanol–water partition coefficient (Wildman–Crippen LogP) is 6.24. The lowest BCUT2D eigenvalue weighted by Crippen LogP contribution is -2.31. The normalized spacial score (nSPS) is 16.2. The number of ether oxygens (including phenoxy) is 1. The Labute approximate surface area is 202 Å². The van der Waals surface area contributed by atoms with Crippen molar-refractivity contribution in [3.63, 3.8) is 0 Å². The number of fused-ring (bicyclic) bond motifs is 1. The first-order valence-corrected chi connectivity index (χ1v) is 10.8. The third-order valence-electron chi connectivity index (χ3n) is 5.99. The third-order valence-corrected chi connectivity index (χ3v) is 5.99. The van der Waals surface area contributed by atoms with Gasteiger partial charge in [-0.3, -0.25) is 14.5 Å². The summed E-state index contributed by atoms with van der Waals surface area (Å²) in [6, 6.07) is 17.6. The van der Waals surface area contributed by atoms with Crippen LogP contribution in [-0.2, 0) is 11.0 Å². The number of carbonyl (C=O) groups excluding carboxylic acids is 2. The fourth-order valence-electron chi connectivity index (χ4n) is 4.26. The summed E-state index contributed by atoms with van der Waals surface area (Å²) in [5.41, 5.74) is -0.597. The molecule has 182 valence electrons. The molecule has 1 aliphatic rings. The van der Waals surface area contributed by atoms with E-state index in [0.717, 1.165) is 23.1 Å². The zero-order valence-corrected chi connectivity index (χ0v) is 18.7. The van der Waals surface area contributed by atoms with Gasteiger partial charge in [-0.1, -0.05) is 36.4 Å². The maximum atomic E-state index is 13.6. The van der Waals surface area contributed by atoms with Crippen LogP contribution in [0.25, 0.3) is 11.0 Å². The second-order valence-electron chi connectivity index (χ2n) is 8.14. The van der Waals surface area contributed by atoms with E-state index in [1.165, 1.54) is 19.2 Å². The van der Waals surface area contributed by atoms with E-state index in [-0.39, 0.29) is 17.0 Å². The maximum absolute atomic E-state index is 13.6. The second-order valence-corrected chi connectivity index (χ2v) is 8.14. The number of benzene rings is 3. The first-order chi connectivity index (χ1) is 17.2. The van der Waals surface area contributed by atoms with Gasteiger partial charge in [0.2, 0.25) is 5.78 Å². The van der Waals surface area contributed by atoms with E-state index in [1.807, 2.05) is 0 Å². The van der Waals surface area contributed by atoms with Gasteiger partial charge in [0.05, 0.1) is 24.3 Å². The van der Waals surface area contributed by atoms with Gasteiger partial charge in [0.1, 0.15) is 11.3 Å². The molecule has 0 saturated heterocycles. The molecule has 0 bridgehead atoms. The van der Waals surface area contributed by atoms with Crippen molar-refractivity contribution in [2.24, 2.45) is 0 Å². The highest BCUT2D eigenvalue weighted by atomic mass is 19.4. The number of hydrogen-bond acceptors (Lipinski definition) is 5. The van der Waals surface area contributed by atoms with Crippen molar-refractivity contribution >= 4 is 28.3 Å². The Morgan fingerprint density at radius 2 is 1.72 bits per heavy atom. The zero-order valence-electron chi connectivity index (χ0n) is 18.7. The minimum Gasteiger partial charge on any atom is -0.503 e. The SMILES string of the molecule is COc1ccc(C2C(C(=O)c3cc4ccccc4o3)=C(O)C(=O)N2c2cccc(C(F)(F)F)c2)cc1. The fraction of sp³-hybridized carbons (Fsp3) is 0.111. The molecule has 4 aromatic rings. The zero-order chi connectivity index (χ0) is 25.6. The molecule has 9 heteroatoms. The molecule has 1 amide bonds. The van der Waals surface area contributed by atoms with Crippen molar-refractivity contribution in [1.82, 2.24) is 0 Å². The average molecular weight is 493 g/mol. The number of aliphatic hydroxyl groups excluding tert-OH is 1. The summed E-state index contributed by atoms with van der Waals surface area (Å²) in [4.78, 5) is 27.8. The number of halogens is 3. The van der Waals surface area contributed by atoms with Crippen LogP contribution < -0.4 is 9.64 Å². The number of anilines is 1. The number of rotatable bonds is 5. The molecule has 5 rings (SSSR count). The van der Waals surface area contributed by atoms with Crippen molar-refractivity contribution in [1.29, 1.82) is 0 Å². The topological polar surface area (TPSA) is 80.0 Å². The number of alkyl halides is 3. The predicted molar refractivity (Wildman–Crippen MR) is 125 cm³/mol. The molecule has 0 radical (unpaired) electrons. The number of Topliss-reactive ketones (excluding diaryl/α,β-unsaturated/α-hetero) is 1. The smallest absolute Gasteiger partial charge is 0.416 e. The third kappa shape index (κ3) is 3.88. The van der Waals surface area contributed by atoms with Gasteiger partial charge in [-0.05, 0) is 48.0 Å². The van der Waals surface area contributed by atoms with Gasteiger partial charge in [0.15, 0.2) is 11.5 Å². The molecule has 1 N–H and O–H groups in total.